The molecule has 158 valence electrons. The molecule has 2 aliphatic rings. The maximum Gasteiger partial charge on any atom is 0.143 e. The molecule has 0 spiro atoms. The Bertz CT molecular complexity index is 1040. The summed E-state index contributed by atoms with van der Waals surface area (Å²) in [7, 11) is 0. The molecular weight excluding hydrogens is 388 g/mol. The molecule has 31 heavy (non-hydrogen) atoms. The van der Waals surface area contributed by atoms with Crippen molar-refractivity contribution in [3.05, 3.63) is 90.3 Å². The Labute approximate surface area is 181 Å². The molecular formula is C24H26N6O. The summed E-state index contributed by atoms with van der Waals surface area (Å²) in [5, 5.41) is 19.0. The van der Waals surface area contributed by atoms with Crippen molar-refractivity contribution in [2.75, 3.05) is 6.54 Å². The zero-order chi connectivity index (χ0) is 20.9. The molecule has 2 N–H and O–H groups in total. The number of aromatic nitrogens is 4. The number of rotatable bonds is 7. The number of benzene rings is 2. The molecule has 5 rings (SSSR count). The van der Waals surface area contributed by atoms with Gasteiger partial charge in [0.1, 0.15) is 18.2 Å². The minimum absolute atomic E-state index is 0.0361. The molecule has 1 aromatic heterocycles. The van der Waals surface area contributed by atoms with Crippen molar-refractivity contribution in [3.8, 4) is 11.4 Å². The fraction of sp³-hybridized carbons (Fsp3) is 0.292. The van der Waals surface area contributed by atoms with Gasteiger partial charge in [-0.2, -0.15) is 0 Å². The summed E-state index contributed by atoms with van der Waals surface area (Å²) < 4.78 is 7.90. The molecule has 1 fully saturated rings. The molecule has 2 atom stereocenters. The molecule has 7 nitrogen and oxygen atoms in total. The second kappa shape index (κ2) is 9.24. The highest BCUT2D eigenvalue weighted by atomic mass is 16.5. The van der Waals surface area contributed by atoms with Gasteiger partial charge in [-0.05, 0) is 65.7 Å². The first-order valence-corrected chi connectivity index (χ1v) is 10.8. The van der Waals surface area contributed by atoms with Crippen molar-refractivity contribution in [3.63, 3.8) is 0 Å². The number of nitrogens with one attached hydrogen (secondary N) is 2. The Morgan fingerprint density at radius 2 is 1.97 bits per heavy atom. The van der Waals surface area contributed by atoms with E-state index in [1.165, 1.54) is 5.56 Å². The van der Waals surface area contributed by atoms with Crippen LogP contribution in [0.1, 0.15) is 30.0 Å². The largest absolute Gasteiger partial charge is 0.482 e. The Hall–Kier alpha value is -3.29. The van der Waals surface area contributed by atoms with Crippen molar-refractivity contribution in [2.45, 2.75) is 37.6 Å². The quantitative estimate of drug-likeness (QED) is 0.619. The highest BCUT2D eigenvalue weighted by molar-refractivity contribution is 5.44. The lowest BCUT2D eigenvalue weighted by molar-refractivity contribution is 0.286. The van der Waals surface area contributed by atoms with E-state index in [0.717, 1.165) is 36.4 Å². The van der Waals surface area contributed by atoms with E-state index in [-0.39, 0.29) is 6.10 Å². The predicted molar refractivity (Wildman–Crippen MR) is 119 cm³/mol. The summed E-state index contributed by atoms with van der Waals surface area (Å²) in [5.41, 5.74) is 3.31. The van der Waals surface area contributed by atoms with Crippen molar-refractivity contribution in [2.24, 2.45) is 0 Å². The number of hydrogen-bond acceptors (Lipinski definition) is 6. The van der Waals surface area contributed by atoms with Crippen LogP contribution < -0.4 is 15.4 Å². The van der Waals surface area contributed by atoms with E-state index in [2.05, 4.69) is 62.6 Å². The summed E-state index contributed by atoms with van der Waals surface area (Å²) >= 11 is 0. The molecule has 7 heteroatoms. The topological polar surface area (TPSA) is 76.9 Å². The number of nitrogens with zero attached hydrogens (tertiary/aromatic N) is 4. The average Bonchev–Trinajstić information content (AvgIpc) is 3.54. The van der Waals surface area contributed by atoms with E-state index in [0.29, 0.717) is 18.6 Å². The third-order valence-electron chi connectivity index (χ3n) is 5.81. The van der Waals surface area contributed by atoms with Crippen LogP contribution in [0.15, 0.2) is 79.2 Å². The van der Waals surface area contributed by atoms with Gasteiger partial charge in [-0.3, -0.25) is 0 Å². The van der Waals surface area contributed by atoms with Crippen molar-refractivity contribution < 1.29 is 4.74 Å². The van der Waals surface area contributed by atoms with Gasteiger partial charge in [0.25, 0.3) is 0 Å². The van der Waals surface area contributed by atoms with E-state index in [4.69, 9.17) is 4.74 Å². The van der Waals surface area contributed by atoms with Crippen LogP contribution in [-0.4, -0.2) is 38.9 Å². The molecule has 3 aromatic rings. The van der Waals surface area contributed by atoms with Gasteiger partial charge in [-0.15, -0.1) is 5.10 Å². The lowest BCUT2D eigenvalue weighted by atomic mass is 9.92. The Morgan fingerprint density at radius 1 is 1.10 bits per heavy atom. The zero-order valence-electron chi connectivity index (χ0n) is 17.3. The average molecular weight is 415 g/mol. The van der Waals surface area contributed by atoms with Crippen molar-refractivity contribution in [1.82, 2.24) is 30.8 Å². The van der Waals surface area contributed by atoms with Gasteiger partial charge in [0.15, 0.2) is 0 Å². The van der Waals surface area contributed by atoms with Crippen LogP contribution in [0.4, 0.5) is 0 Å². The van der Waals surface area contributed by atoms with Crippen LogP contribution in [-0.2, 0) is 6.54 Å². The monoisotopic (exact) mass is 414 g/mol. The normalized spacial score (nSPS) is 20.9. The fourth-order valence-electron chi connectivity index (χ4n) is 4.24. The maximum absolute atomic E-state index is 6.24. The van der Waals surface area contributed by atoms with Gasteiger partial charge in [0.2, 0.25) is 0 Å². The van der Waals surface area contributed by atoms with Gasteiger partial charge < -0.3 is 15.4 Å². The standard InChI is InChI=1S/C24H26N6O/c1-2-7-18(8-3-1)24-22(11-6-14-25-24)26-16-19-15-20(30-17-27-28-29-30)12-13-23(19)31-21-9-4-5-10-21/h1-5,7-10,12-13,15,17,21-22,24-26H,6,11,14,16H2/t22-,24-/m0/s1. The highest BCUT2D eigenvalue weighted by Crippen LogP contribution is 2.27. The smallest absolute Gasteiger partial charge is 0.143 e. The van der Waals surface area contributed by atoms with Crippen LogP contribution in [0.2, 0.25) is 0 Å². The van der Waals surface area contributed by atoms with E-state index in [1.54, 1.807) is 11.0 Å². The number of allylic oxidation sites excluding steroid dienone is 2. The summed E-state index contributed by atoms with van der Waals surface area (Å²) in [5.74, 6) is 0.866. The van der Waals surface area contributed by atoms with Gasteiger partial charge >= 0.3 is 0 Å². The first kappa shape index (κ1) is 19.7. The molecule has 2 aromatic carbocycles. The second-order valence-electron chi connectivity index (χ2n) is 7.87. The third-order valence-corrected chi connectivity index (χ3v) is 5.81. The summed E-state index contributed by atoms with van der Waals surface area (Å²) in [6, 6.07) is 17.4. The lowest BCUT2D eigenvalue weighted by Gasteiger charge is -2.34. The van der Waals surface area contributed by atoms with Gasteiger partial charge in [0.05, 0.1) is 5.69 Å². The molecule has 0 radical (unpaired) electrons. The molecule has 1 aliphatic heterocycles. The Kier molecular flexibility index (Phi) is 5.86. The van der Waals surface area contributed by atoms with Crippen LogP contribution in [0.3, 0.4) is 0 Å². The Morgan fingerprint density at radius 3 is 2.77 bits per heavy atom. The number of piperidine rings is 1. The van der Waals surface area contributed by atoms with Crippen LogP contribution in [0.25, 0.3) is 5.69 Å². The molecule has 0 amide bonds. The Balaban J connectivity index is 1.37. The van der Waals surface area contributed by atoms with E-state index < -0.39 is 0 Å². The van der Waals surface area contributed by atoms with Crippen LogP contribution in [0.5, 0.6) is 5.75 Å². The van der Waals surface area contributed by atoms with Gasteiger partial charge in [-0.1, -0.05) is 42.5 Å². The third kappa shape index (κ3) is 4.57. The summed E-state index contributed by atoms with van der Waals surface area (Å²) in [4.78, 5) is 0. The van der Waals surface area contributed by atoms with Crippen molar-refractivity contribution in [1.29, 1.82) is 0 Å². The second-order valence-corrected chi connectivity index (χ2v) is 7.87. The van der Waals surface area contributed by atoms with Crippen molar-refractivity contribution >= 4 is 0 Å². The lowest BCUT2D eigenvalue weighted by Crippen LogP contribution is -2.45. The SMILES string of the molecule is C1=CC(Oc2ccc(-n3cnnn3)cc2CN[C@H]2CCCN[C@H]2c2ccccc2)C=C1. The maximum atomic E-state index is 6.24. The molecule has 2 heterocycles. The number of ether oxygens (including phenoxy) is 1. The first-order chi connectivity index (χ1) is 15.4. The van der Waals surface area contributed by atoms with Crippen LogP contribution in [0, 0.1) is 0 Å². The minimum Gasteiger partial charge on any atom is -0.482 e. The van der Waals surface area contributed by atoms with E-state index in [9.17, 15) is 0 Å². The van der Waals surface area contributed by atoms with E-state index >= 15 is 0 Å². The zero-order valence-corrected chi connectivity index (χ0v) is 17.3. The summed E-state index contributed by atoms with van der Waals surface area (Å²) in [6.45, 7) is 1.74. The molecule has 1 saturated heterocycles. The molecule has 0 bridgehead atoms. The highest BCUT2D eigenvalue weighted by Gasteiger charge is 2.26. The van der Waals surface area contributed by atoms with Gasteiger partial charge in [-0.25, -0.2) is 4.68 Å². The first-order valence-electron chi connectivity index (χ1n) is 10.8. The van der Waals surface area contributed by atoms with Crippen LogP contribution >= 0.6 is 0 Å². The fourth-order valence-corrected chi connectivity index (χ4v) is 4.24. The van der Waals surface area contributed by atoms with E-state index in [1.807, 2.05) is 36.4 Å². The molecule has 0 saturated carbocycles. The minimum atomic E-state index is -0.0361. The molecule has 1 aliphatic carbocycles. The molecule has 0 unspecified atom stereocenters. The number of tetrazole rings is 1. The predicted octanol–water partition coefficient (Wildman–Crippen LogP) is 3.12. The number of hydrogen-bond donors (Lipinski definition) is 2. The van der Waals surface area contributed by atoms with Gasteiger partial charge in [0, 0.05) is 24.2 Å². The summed E-state index contributed by atoms with van der Waals surface area (Å²) in [6.07, 6.45) is 12.0.